The van der Waals surface area contributed by atoms with Crippen molar-refractivity contribution in [1.29, 1.82) is 0 Å². The molecule has 2 N–H and O–H groups in total. The fourth-order valence-electron chi connectivity index (χ4n) is 4.53. The third-order valence-electron chi connectivity index (χ3n) is 5.92. The Morgan fingerprint density at radius 3 is 2.85 bits per heavy atom. The summed E-state index contributed by atoms with van der Waals surface area (Å²) < 4.78 is 0. The first-order chi connectivity index (χ1) is 13.1. The van der Waals surface area contributed by atoms with Crippen LogP contribution in [0.5, 0.6) is 0 Å². The second-order valence-corrected chi connectivity index (χ2v) is 8.19. The Morgan fingerprint density at radius 1 is 1.37 bits per heavy atom. The molecule has 6 heteroatoms. The van der Waals surface area contributed by atoms with Crippen molar-refractivity contribution in [3.05, 3.63) is 35.4 Å². The maximum absolute atomic E-state index is 12.5. The number of hydrogen-bond acceptors (Lipinski definition) is 3. The fraction of sp³-hybridized carbons (Fsp3) is 0.476. The van der Waals surface area contributed by atoms with E-state index in [1.54, 1.807) is 11.8 Å². The summed E-state index contributed by atoms with van der Waals surface area (Å²) in [6.45, 7) is 6.33. The van der Waals surface area contributed by atoms with Gasteiger partial charge in [0.1, 0.15) is 0 Å². The van der Waals surface area contributed by atoms with Crippen LogP contribution in [0.15, 0.2) is 29.3 Å². The fourth-order valence-corrected chi connectivity index (χ4v) is 5.18. The van der Waals surface area contributed by atoms with E-state index in [0.29, 0.717) is 6.04 Å². The number of likely N-dealkylation sites (N-methyl/N-ethyl adjacent to an activating group) is 1. The van der Waals surface area contributed by atoms with Crippen molar-refractivity contribution in [1.82, 2.24) is 20.1 Å². The molecule has 1 aliphatic carbocycles. The molecule has 2 aromatic rings. The number of benzene rings is 1. The molecule has 5 nitrogen and oxygen atoms in total. The van der Waals surface area contributed by atoms with E-state index in [2.05, 4.69) is 52.8 Å². The Labute approximate surface area is 165 Å². The molecule has 0 unspecified atom stereocenters. The molecule has 2 atom stereocenters. The highest BCUT2D eigenvalue weighted by Gasteiger charge is 2.35. The van der Waals surface area contributed by atoms with Gasteiger partial charge in [-0.25, -0.2) is 4.79 Å². The van der Waals surface area contributed by atoms with Gasteiger partial charge in [0.2, 0.25) is 0 Å². The summed E-state index contributed by atoms with van der Waals surface area (Å²) in [5, 5.41) is 5.85. The largest absolute Gasteiger partial charge is 0.349 e. The summed E-state index contributed by atoms with van der Waals surface area (Å²) in [7, 11) is 2.17. The minimum absolute atomic E-state index is 0.0229. The molecular formula is C21H28N4OS. The van der Waals surface area contributed by atoms with Gasteiger partial charge >= 0.3 is 6.03 Å². The first-order valence-electron chi connectivity index (χ1n) is 9.72. The van der Waals surface area contributed by atoms with Gasteiger partial charge in [0.25, 0.3) is 0 Å². The number of nitrogens with zero attached hydrogens (tertiary/aromatic N) is 2. The van der Waals surface area contributed by atoms with Crippen molar-refractivity contribution in [2.24, 2.45) is 0 Å². The predicted octanol–water partition coefficient (Wildman–Crippen LogP) is 3.56. The van der Waals surface area contributed by atoms with E-state index in [1.165, 1.54) is 32.6 Å². The Hall–Kier alpha value is -1.92. The topological polar surface area (TPSA) is 51.4 Å². The van der Waals surface area contributed by atoms with Gasteiger partial charge in [-0.15, -0.1) is 11.8 Å². The number of urea groups is 1. The van der Waals surface area contributed by atoms with Gasteiger partial charge in [-0.3, -0.25) is 4.90 Å². The molecule has 0 saturated heterocycles. The van der Waals surface area contributed by atoms with Crippen LogP contribution >= 0.6 is 11.8 Å². The van der Waals surface area contributed by atoms with Gasteiger partial charge in [0.05, 0.1) is 11.1 Å². The van der Waals surface area contributed by atoms with E-state index in [1.807, 2.05) is 18.7 Å². The first kappa shape index (κ1) is 18.4. The van der Waals surface area contributed by atoms with E-state index in [9.17, 15) is 4.79 Å². The Morgan fingerprint density at radius 2 is 2.15 bits per heavy atom. The lowest BCUT2D eigenvalue weighted by atomic mass is 9.81. The summed E-state index contributed by atoms with van der Waals surface area (Å²) in [5.41, 5.74) is 5.30. The van der Waals surface area contributed by atoms with Crippen LogP contribution < -0.4 is 5.32 Å². The van der Waals surface area contributed by atoms with Gasteiger partial charge in [0, 0.05) is 36.6 Å². The first-order valence-corrected chi connectivity index (χ1v) is 10.9. The number of H-pyrrole nitrogens is 1. The number of fused-ring (bicyclic) bond motifs is 2. The molecule has 2 heterocycles. The number of aromatic amines is 1. The lowest BCUT2D eigenvalue weighted by Gasteiger charge is -2.40. The number of aromatic nitrogens is 1. The lowest BCUT2D eigenvalue weighted by Crippen LogP contribution is -2.52. The molecule has 0 radical (unpaired) electrons. The number of nitrogens with one attached hydrogen (secondary N) is 2. The molecule has 1 aromatic heterocycles. The van der Waals surface area contributed by atoms with E-state index < -0.39 is 0 Å². The summed E-state index contributed by atoms with van der Waals surface area (Å²) in [6.07, 6.45) is 5.44. The van der Waals surface area contributed by atoms with Crippen LogP contribution in [-0.2, 0) is 6.42 Å². The van der Waals surface area contributed by atoms with Crippen molar-refractivity contribution in [2.75, 3.05) is 32.9 Å². The molecule has 4 rings (SSSR count). The molecule has 0 spiro atoms. The van der Waals surface area contributed by atoms with Crippen molar-refractivity contribution >= 4 is 34.3 Å². The zero-order chi connectivity index (χ0) is 19.1. The minimum Gasteiger partial charge on any atom is -0.349 e. The SMILES string of the molecule is CCN(CC)C(=O)N[C@H]1C=C2c3cccc4[nH]c(SC)c(c34)C[C@H]2N(C)C1. The van der Waals surface area contributed by atoms with Crippen LogP contribution in [0, 0.1) is 0 Å². The second-order valence-electron chi connectivity index (χ2n) is 7.37. The number of carbonyl (C=O) groups is 1. The van der Waals surface area contributed by atoms with Crippen LogP contribution in [-0.4, -0.2) is 65.8 Å². The van der Waals surface area contributed by atoms with Crippen molar-refractivity contribution in [3.63, 3.8) is 0 Å². The molecule has 1 aliphatic heterocycles. The summed E-state index contributed by atoms with van der Waals surface area (Å²) >= 11 is 1.79. The molecule has 1 aromatic carbocycles. The molecule has 2 amide bonds. The number of thioether (sulfide) groups is 1. The van der Waals surface area contributed by atoms with Crippen molar-refractivity contribution in [3.8, 4) is 0 Å². The van der Waals surface area contributed by atoms with Crippen LogP contribution in [0.1, 0.15) is 25.0 Å². The van der Waals surface area contributed by atoms with Crippen molar-refractivity contribution < 1.29 is 4.79 Å². The third-order valence-corrected chi connectivity index (χ3v) is 6.67. The number of hydrogen-bond donors (Lipinski definition) is 2. The van der Waals surface area contributed by atoms with Crippen LogP contribution in [0.3, 0.4) is 0 Å². The van der Waals surface area contributed by atoms with Gasteiger partial charge < -0.3 is 15.2 Å². The highest BCUT2D eigenvalue weighted by atomic mass is 32.2. The Kier molecular flexibility index (Phi) is 4.95. The average molecular weight is 385 g/mol. The second kappa shape index (κ2) is 7.24. The Bertz CT molecular complexity index is 899. The molecule has 144 valence electrons. The normalized spacial score (nSPS) is 21.7. The standard InChI is InChI=1S/C21H28N4OS/c1-5-25(6-2)21(26)22-13-10-15-14-8-7-9-17-19(14)16(20(23-17)27-4)11-18(15)24(3)12-13/h7-10,13,18,23H,5-6,11-12H2,1-4H3,(H,22,26)/t13-,18+/m0/s1. The predicted molar refractivity (Wildman–Crippen MR) is 113 cm³/mol. The molecular weight excluding hydrogens is 356 g/mol. The maximum atomic E-state index is 12.5. The third kappa shape index (κ3) is 3.05. The van der Waals surface area contributed by atoms with Crippen LogP contribution in [0.2, 0.25) is 0 Å². The van der Waals surface area contributed by atoms with E-state index in [0.717, 1.165) is 26.1 Å². The minimum atomic E-state index is 0.0229. The summed E-state index contributed by atoms with van der Waals surface area (Å²) in [4.78, 5) is 20.3. The lowest BCUT2D eigenvalue weighted by molar-refractivity contribution is 0.193. The molecule has 2 aliphatic rings. The van der Waals surface area contributed by atoms with E-state index >= 15 is 0 Å². The monoisotopic (exact) mass is 384 g/mol. The smallest absolute Gasteiger partial charge is 0.317 e. The van der Waals surface area contributed by atoms with Crippen molar-refractivity contribution in [2.45, 2.75) is 37.4 Å². The van der Waals surface area contributed by atoms with E-state index in [-0.39, 0.29) is 12.1 Å². The van der Waals surface area contributed by atoms with Gasteiger partial charge in [-0.1, -0.05) is 18.2 Å². The summed E-state index contributed by atoms with van der Waals surface area (Å²) in [6, 6.07) is 6.94. The quantitative estimate of drug-likeness (QED) is 0.793. The molecule has 0 saturated carbocycles. The highest BCUT2D eigenvalue weighted by Crippen LogP contribution is 2.43. The van der Waals surface area contributed by atoms with Crippen LogP contribution in [0.4, 0.5) is 4.79 Å². The molecule has 0 fully saturated rings. The number of rotatable bonds is 4. The average Bonchev–Trinajstić information content (AvgIpc) is 3.03. The number of amides is 2. The maximum Gasteiger partial charge on any atom is 0.317 e. The highest BCUT2D eigenvalue weighted by molar-refractivity contribution is 7.98. The van der Waals surface area contributed by atoms with Gasteiger partial charge in [0.15, 0.2) is 0 Å². The molecule has 0 bridgehead atoms. The summed E-state index contributed by atoms with van der Waals surface area (Å²) in [5.74, 6) is 0. The van der Waals surface area contributed by atoms with Crippen LogP contribution in [0.25, 0.3) is 16.5 Å². The van der Waals surface area contributed by atoms with Gasteiger partial charge in [-0.2, -0.15) is 0 Å². The number of carbonyl (C=O) groups excluding carboxylic acids is 1. The zero-order valence-corrected chi connectivity index (χ0v) is 17.3. The van der Waals surface area contributed by atoms with Gasteiger partial charge in [-0.05, 0) is 56.3 Å². The molecule has 27 heavy (non-hydrogen) atoms. The van der Waals surface area contributed by atoms with E-state index in [4.69, 9.17) is 0 Å². The zero-order valence-electron chi connectivity index (χ0n) is 16.5. The Balaban J connectivity index is 1.73.